The van der Waals surface area contributed by atoms with E-state index in [9.17, 15) is 9.90 Å². The molecule has 1 radical (unpaired) electrons. The predicted molar refractivity (Wildman–Crippen MR) is 207 cm³/mol. The molecule has 4 nitrogen and oxygen atoms in total. The summed E-state index contributed by atoms with van der Waals surface area (Å²) < 4.78 is 3.39. The summed E-state index contributed by atoms with van der Waals surface area (Å²) in [5, 5.41) is 16.2. The first-order valence-corrected chi connectivity index (χ1v) is 19.0. The standard InChI is InChI=1S/C31H25N2S.C13H24O2.Ir/c1-19-16-25-23-12-7-15-32-31(23)34-30(25)26(17-19)28-18-24(20-8-3-4-9-20)29-22-11-6-5-10-21(22)13-14-27(29)33(28)2;1-5-10(6-2)12(14)9-13(15)11(7-3)8-4;/h5-7,10-16,18,20H,2-4,8-9H2,1H3;9-11,14H,5-8H2,1-4H3;/q-1;;/b;12-9-;. The fourth-order valence-electron chi connectivity index (χ4n) is 7.73. The van der Waals surface area contributed by atoms with Crippen molar-refractivity contribution in [1.82, 2.24) is 4.98 Å². The van der Waals surface area contributed by atoms with Crippen molar-refractivity contribution < 1.29 is 34.6 Å². The Hall–Kier alpha value is -3.57. The molecule has 3 heterocycles. The number of allylic oxidation sites excluding steroid dienone is 2. The third-order valence-electron chi connectivity index (χ3n) is 10.6. The monoisotopic (exact) mass is 862 g/mol. The van der Waals surface area contributed by atoms with Crippen LogP contribution in [0.25, 0.3) is 53.2 Å². The number of nitrogens with zero attached hydrogens (tertiary/aromatic N) is 2. The van der Waals surface area contributed by atoms with Crippen molar-refractivity contribution in [2.45, 2.75) is 91.9 Å². The molecule has 6 aromatic rings. The number of benzene rings is 3. The van der Waals surface area contributed by atoms with Gasteiger partial charge in [0.05, 0.1) is 5.76 Å². The van der Waals surface area contributed by atoms with Crippen molar-refractivity contribution in [2.75, 3.05) is 0 Å². The first-order chi connectivity index (χ1) is 23.8. The summed E-state index contributed by atoms with van der Waals surface area (Å²) in [5.41, 5.74) is 6.10. The molecule has 0 saturated heterocycles. The van der Waals surface area contributed by atoms with Gasteiger partial charge in [-0.2, -0.15) is 11.3 Å². The van der Waals surface area contributed by atoms with E-state index in [-0.39, 0.29) is 43.5 Å². The van der Waals surface area contributed by atoms with E-state index in [1.165, 1.54) is 74.5 Å². The second-order valence-corrected chi connectivity index (χ2v) is 14.6. The summed E-state index contributed by atoms with van der Waals surface area (Å²) in [5.74, 6) is 1.14. The summed E-state index contributed by atoms with van der Waals surface area (Å²) in [4.78, 5) is 17.4. The molecule has 0 amide bonds. The van der Waals surface area contributed by atoms with E-state index < -0.39 is 0 Å². The van der Waals surface area contributed by atoms with Crippen LogP contribution in [-0.2, 0) is 24.9 Å². The number of aliphatic hydroxyl groups is 1. The molecule has 0 bridgehead atoms. The van der Waals surface area contributed by atoms with Gasteiger partial charge in [0.25, 0.3) is 0 Å². The number of aliphatic hydroxyl groups excluding tert-OH is 1. The molecule has 50 heavy (non-hydrogen) atoms. The molecule has 263 valence electrons. The zero-order chi connectivity index (χ0) is 34.7. The minimum atomic E-state index is 0. The molecule has 0 spiro atoms. The number of carbonyl (C=O) groups excluding carboxylic acids is 1. The number of ketones is 1. The fraction of sp³-hybridized carbons (Fsp3) is 0.364. The second-order valence-electron chi connectivity index (χ2n) is 13.6. The van der Waals surface area contributed by atoms with Gasteiger partial charge in [0.15, 0.2) is 5.78 Å². The topological polar surface area (TPSA) is 54.1 Å². The maximum atomic E-state index is 11.7. The van der Waals surface area contributed by atoms with Crippen molar-refractivity contribution in [1.29, 1.82) is 0 Å². The maximum absolute atomic E-state index is 11.7. The normalized spacial score (nSPS) is 13.8. The van der Waals surface area contributed by atoms with Gasteiger partial charge in [-0.05, 0) is 89.1 Å². The first-order valence-electron chi connectivity index (χ1n) is 18.2. The van der Waals surface area contributed by atoms with Crippen molar-refractivity contribution >= 4 is 59.1 Å². The molecule has 1 saturated carbocycles. The number of thiophene rings is 1. The van der Waals surface area contributed by atoms with Gasteiger partial charge < -0.3 is 9.67 Å². The Morgan fingerprint density at radius 2 is 1.64 bits per heavy atom. The fourth-order valence-corrected chi connectivity index (χ4v) is 8.86. The number of pyridine rings is 2. The van der Waals surface area contributed by atoms with Crippen LogP contribution < -0.4 is 4.57 Å². The zero-order valence-electron chi connectivity index (χ0n) is 30.0. The largest absolute Gasteiger partial charge is 0.512 e. The summed E-state index contributed by atoms with van der Waals surface area (Å²) in [6.07, 6.45) is 11.9. The molecule has 7 rings (SSSR count). The van der Waals surface area contributed by atoms with E-state index in [1.807, 2.05) is 40.0 Å². The number of carbonyl (C=O) groups is 1. The molecule has 0 unspecified atom stereocenters. The smallest absolute Gasteiger partial charge is 0.162 e. The van der Waals surface area contributed by atoms with Crippen molar-refractivity contribution in [3.8, 4) is 11.3 Å². The Kier molecular flexibility index (Phi) is 12.5. The molecule has 1 aliphatic rings. The van der Waals surface area contributed by atoms with Crippen LogP contribution in [0.5, 0.6) is 0 Å². The van der Waals surface area contributed by atoms with Gasteiger partial charge in [0, 0.05) is 56.6 Å². The third kappa shape index (κ3) is 7.40. The minimum Gasteiger partial charge on any atom is -0.512 e. The molecule has 1 N–H and O–H groups in total. The summed E-state index contributed by atoms with van der Waals surface area (Å²) in [6.45, 7) is 10.2. The molecule has 0 aliphatic heterocycles. The Labute approximate surface area is 315 Å². The number of aryl methyl sites for hydroxylation is 1. The molecular weight excluding hydrogens is 813 g/mol. The van der Waals surface area contributed by atoms with Gasteiger partial charge in [0.1, 0.15) is 16.0 Å². The SMILES string of the molecule is CCC(CC)C(=O)/C=C(\O)C(CC)CC.[CH2-][n+]1c(-c2[c-]c(C)cc3c2sc2ncccc23)cc(C2CCCC2)c2c3ccccc3ccc21.[Ir]. The Morgan fingerprint density at radius 3 is 2.34 bits per heavy atom. The van der Waals surface area contributed by atoms with Gasteiger partial charge in [-0.3, -0.25) is 4.79 Å². The molecule has 6 heteroatoms. The van der Waals surface area contributed by atoms with Crippen LogP contribution in [0.1, 0.15) is 96.1 Å². The van der Waals surface area contributed by atoms with Gasteiger partial charge >= 0.3 is 0 Å². The summed E-state index contributed by atoms with van der Waals surface area (Å²) >= 11 is 1.76. The number of rotatable bonds is 9. The third-order valence-corrected chi connectivity index (χ3v) is 11.8. The second kappa shape index (κ2) is 16.6. The molecular formula is C44H49IrN2O2S-. The molecule has 1 fully saturated rings. The van der Waals surface area contributed by atoms with Crippen LogP contribution >= 0.6 is 11.3 Å². The zero-order valence-corrected chi connectivity index (χ0v) is 33.2. The van der Waals surface area contributed by atoms with Crippen molar-refractivity contribution in [3.05, 3.63) is 103 Å². The van der Waals surface area contributed by atoms with Crippen molar-refractivity contribution in [3.63, 3.8) is 0 Å². The van der Waals surface area contributed by atoms with E-state index >= 15 is 0 Å². The predicted octanol–water partition coefficient (Wildman–Crippen LogP) is 12.0. The number of hydrogen-bond acceptors (Lipinski definition) is 4. The Balaban J connectivity index is 0.000000261. The number of fused-ring (bicyclic) bond motifs is 6. The molecule has 3 aromatic heterocycles. The van der Waals surface area contributed by atoms with E-state index in [0.717, 1.165) is 47.3 Å². The average Bonchev–Trinajstić information content (AvgIpc) is 3.78. The van der Waals surface area contributed by atoms with Crippen molar-refractivity contribution in [2.24, 2.45) is 11.8 Å². The Morgan fingerprint density at radius 1 is 0.960 bits per heavy atom. The van der Waals surface area contributed by atoms with Gasteiger partial charge in [0.2, 0.25) is 0 Å². The van der Waals surface area contributed by atoms with Crippen LogP contribution in [0.2, 0.25) is 0 Å². The summed E-state index contributed by atoms with van der Waals surface area (Å²) in [7, 11) is 4.58. The van der Waals surface area contributed by atoms with Gasteiger partial charge in [-0.25, -0.2) is 4.98 Å². The van der Waals surface area contributed by atoms with Crippen LogP contribution in [0.4, 0.5) is 0 Å². The average molecular weight is 862 g/mol. The van der Waals surface area contributed by atoms with Gasteiger partial charge in [-0.15, -0.1) is 17.7 Å². The quantitative estimate of drug-likeness (QED) is 0.0518. The van der Waals surface area contributed by atoms with E-state index in [2.05, 4.69) is 84.2 Å². The number of aromatic nitrogens is 2. The minimum absolute atomic E-state index is 0. The maximum Gasteiger partial charge on any atom is 0.162 e. The summed E-state index contributed by atoms with van der Waals surface area (Å²) in [6, 6.07) is 25.9. The van der Waals surface area contributed by atoms with Crippen LogP contribution in [0.15, 0.2) is 78.7 Å². The van der Waals surface area contributed by atoms with Crippen LogP contribution in [0, 0.1) is 31.9 Å². The van der Waals surface area contributed by atoms with E-state index in [1.54, 1.807) is 11.3 Å². The van der Waals surface area contributed by atoms with Crippen LogP contribution in [-0.4, -0.2) is 15.9 Å². The van der Waals surface area contributed by atoms with E-state index in [0.29, 0.717) is 5.92 Å². The molecule has 3 aromatic carbocycles. The van der Waals surface area contributed by atoms with E-state index in [4.69, 9.17) is 0 Å². The van der Waals surface area contributed by atoms with Gasteiger partial charge in [-0.1, -0.05) is 94.8 Å². The number of hydrogen-bond donors (Lipinski definition) is 1. The first kappa shape index (κ1) is 37.7. The van der Waals surface area contributed by atoms with Crippen LogP contribution in [0.3, 0.4) is 0 Å². The Bertz CT molecular complexity index is 2150. The molecule has 1 aliphatic carbocycles. The molecule has 0 atom stereocenters.